The Morgan fingerprint density at radius 3 is 2.68 bits per heavy atom. The summed E-state index contributed by atoms with van der Waals surface area (Å²) in [4.78, 5) is 14.9. The Kier molecular flexibility index (Phi) is 3.99. The van der Waals surface area contributed by atoms with Crippen molar-refractivity contribution in [3.63, 3.8) is 0 Å². The van der Waals surface area contributed by atoms with Crippen molar-refractivity contribution < 1.29 is 19.0 Å². The molecule has 0 radical (unpaired) electrons. The largest absolute Gasteiger partial charge is 0.497 e. The molecule has 2 aliphatic heterocycles. The number of hydrogen-bond acceptors (Lipinski definition) is 4. The molecule has 0 aromatic heterocycles. The molecule has 0 N–H and O–H groups in total. The lowest BCUT2D eigenvalue weighted by atomic mass is 9.92. The highest BCUT2D eigenvalue weighted by atomic mass is 16.6. The molecular formula is C20H21NO4. The van der Waals surface area contributed by atoms with Gasteiger partial charge < -0.3 is 19.1 Å². The second-order valence-electron chi connectivity index (χ2n) is 6.35. The number of ether oxygens (including phenoxy) is 3. The lowest BCUT2D eigenvalue weighted by Gasteiger charge is -2.36. The van der Waals surface area contributed by atoms with E-state index in [1.165, 1.54) is 5.56 Å². The number of hydrogen-bond donors (Lipinski definition) is 0. The second kappa shape index (κ2) is 6.31. The van der Waals surface area contributed by atoms with Gasteiger partial charge in [0.05, 0.1) is 13.2 Å². The molecule has 5 nitrogen and oxygen atoms in total. The van der Waals surface area contributed by atoms with Gasteiger partial charge >= 0.3 is 0 Å². The molecule has 0 spiro atoms. The maximum absolute atomic E-state index is 13.0. The van der Waals surface area contributed by atoms with Crippen LogP contribution in [-0.2, 0) is 6.42 Å². The van der Waals surface area contributed by atoms with Gasteiger partial charge in [0, 0.05) is 12.1 Å². The Bertz CT molecular complexity index is 817. The van der Waals surface area contributed by atoms with Crippen LogP contribution >= 0.6 is 0 Å². The fourth-order valence-electron chi connectivity index (χ4n) is 3.55. The first-order valence-corrected chi connectivity index (χ1v) is 8.55. The second-order valence-corrected chi connectivity index (χ2v) is 6.35. The topological polar surface area (TPSA) is 48.0 Å². The molecule has 0 bridgehead atoms. The van der Waals surface area contributed by atoms with Crippen LogP contribution in [0.2, 0.25) is 0 Å². The van der Waals surface area contributed by atoms with Crippen molar-refractivity contribution in [2.45, 2.75) is 19.4 Å². The van der Waals surface area contributed by atoms with E-state index in [0.717, 1.165) is 23.5 Å². The van der Waals surface area contributed by atoms with Gasteiger partial charge in [-0.05, 0) is 54.8 Å². The van der Waals surface area contributed by atoms with Crippen LogP contribution in [0.3, 0.4) is 0 Å². The molecule has 0 saturated carbocycles. The van der Waals surface area contributed by atoms with E-state index in [1.54, 1.807) is 13.2 Å². The Hall–Kier alpha value is -2.69. The highest BCUT2D eigenvalue weighted by molar-refractivity contribution is 5.95. The van der Waals surface area contributed by atoms with Gasteiger partial charge in [-0.15, -0.1) is 0 Å². The molecule has 2 heterocycles. The van der Waals surface area contributed by atoms with Gasteiger partial charge in [0.2, 0.25) is 0 Å². The standard InChI is InChI=1S/C20H21NO4/c1-13-17-12-19-18(24-8-9-25-19)11-14(17)6-7-21(13)20(22)15-4-3-5-16(10-15)23-2/h3-5,10-13H,6-9H2,1-2H3. The predicted octanol–water partition coefficient (Wildman–Crippen LogP) is 3.23. The van der Waals surface area contributed by atoms with E-state index in [9.17, 15) is 4.79 Å². The fourth-order valence-corrected chi connectivity index (χ4v) is 3.55. The van der Waals surface area contributed by atoms with Gasteiger partial charge in [0.15, 0.2) is 11.5 Å². The number of carbonyl (C=O) groups is 1. The third-order valence-electron chi connectivity index (χ3n) is 4.92. The summed E-state index contributed by atoms with van der Waals surface area (Å²) < 4.78 is 16.6. The monoisotopic (exact) mass is 339 g/mol. The zero-order valence-electron chi connectivity index (χ0n) is 14.5. The van der Waals surface area contributed by atoms with Crippen molar-refractivity contribution in [2.24, 2.45) is 0 Å². The third kappa shape index (κ3) is 2.80. The van der Waals surface area contributed by atoms with E-state index in [-0.39, 0.29) is 11.9 Å². The van der Waals surface area contributed by atoms with Crippen molar-refractivity contribution in [2.75, 3.05) is 26.9 Å². The molecule has 1 amide bonds. The molecule has 1 atom stereocenters. The Labute approximate surface area is 147 Å². The minimum absolute atomic E-state index is 0.0155. The van der Waals surface area contributed by atoms with Gasteiger partial charge in [-0.1, -0.05) is 6.07 Å². The van der Waals surface area contributed by atoms with Crippen LogP contribution in [0.15, 0.2) is 36.4 Å². The summed E-state index contributed by atoms with van der Waals surface area (Å²) in [5.41, 5.74) is 3.00. The average molecular weight is 339 g/mol. The van der Waals surface area contributed by atoms with Gasteiger partial charge in [0.25, 0.3) is 5.91 Å². The summed E-state index contributed by atoms with van der Waals surface area (Å²) >= 11 is 0. The van der Waals surface area contributed by atoms with E-state index in [1.807, 2.05) is 29.2 Å². The zero-order chi connectivity index (χ0) is 17.4. The highest BCUT2D eigenvalue weighted by Crippen LogP contribution is 2.39. The smallest absolute Gasteiger partial charge is 0.254 e. The third-order valence-corrected chi connectivity index (χ3v) is 4.92. The first-order valence-electron chi connectivity index (χ1n) is 8.55. The number of nitrogens with zero attached hydrogens (tertiary/aromatic N) is 1. The average Bonchev–Trinajstić information content (AvgIpc) is 2.66. The molecule has 130 valence electrons. The van der Waals surface area contributed by atoms with Crippen LogP contribution in [0, 0.1) is 0 Å². The van der Waals surface area contributed by atoms with E-state index in [4.69, 9.17) is 14.2 Å². The Balaban J connectivity index is 1.64. The summed E-state index contributed by atoms with van der Waals surface area (Å²) in [6.07, 6.45) is 0.812. The Morgan fingerprint density at radius 2 is 1.92 bits per heavy atom. The van der Waals surface area contributed by atoms with Crippen molar-refractivity contribution in [1.29, 1.82) is 0 Å². The number of carbonyl (C=O) groups excluding carboxylic acids is 1. The molecule has 2 aromatic carbocycles. The van der Waals surface area contributed by atoms with E-state index < -0.39 is 0 Å². The van der Waals surface area contributed by atoms with Crippen molar-refractivity contribution in [3.05, 3.63) is 53.1 Å². The minimum atomic E-state index is -0.0155. The molecule has 0 aliphatic carbocycles. The summed E-state index contributed by atoms with van der Waals surface area (Å²) in [5, 5.41) is 0. The number of amides is 1. The van der Waals surface area contributed by atoms with Crippen LogP contribution in [0.5, 0.6) is 17.2 Å². The molecule has 2 aliphatic rings. The molecule has 0 fully saturated rings. The molecular weight excluding hydrogens is 318 g/mol. The number of rotatable bonds is 2. The van der Waals surface area contributed by atoms with Crippen molar-refractivity contribution in [3.8, 4) is 17.2 Å². The molecule has 1 unspecified atom stereocenters. The maximum atomic E-state index is 13.0. The fraction of sp³-hybridized carbons (Fsp3) is 0.350. The number of benzene rings is 2. The van der Waals surface area contributed by atoms with Gasteiger partial charge in [-0.3, -0.25) is 4.79 Å². The van der Waals surface area contributed by atoms with E-state index >= 15 is 0 Å². The summed E-state index contributed by atoms with van der Waals surface area (Å²) in [6, 6.07) is 11.4. The SMILES string of the molecule is COc1cccc(C(=O)N2CCc3cc4c(cc3C2C)OCCO4)c1. The van der Waals surface area contributed by atoms with E-state index in [2.05, 4.69) is 13.0 Å². The first-order chi connectivity index (χ1) is 12.2. The van der Waals surface area contributed by atoms with Crippen molar-refractivity contribution in [1.82, 2.24) is 4.90 Å². The quantitative estimate of drug-likeness (QED) is 0.843. The molecule has 0 saturated heterocycles. The van der Waals surface area contributed by atoms with Crippen LogP contribution in [-0.4, -0.2) is 37.7 Å². The lowest BCUT2D eigenvalue weighted by Crippen LogP contribution is -2.39. The van der Waals surface area contributed by atoms with Crippen LogP contribution in [0.4, 0.5) is 0 Å². The predicted molar refractivity (Wildman–Crippen MR) is 93.6 cm³/mol. The van der Waals surface area contributed by atoms with Crippen LogP contribution in [0.25, 0.3) is 0 Å². The van der Waals surface area contributed by atoms with Crippen molar-refractivity contribution >= 4 is 5.91 Å². The minimum Gasteiger partial charge on any atom is -0.497 e. The molecule has 5 heteroatoms. The molecule has 25 heavy (non-hydrogen) atoms. The molecule has 2 aromatic rings. The Morgan fingerprint density at radius 1 is 1.16 bits per heavy atom. The summed E-state index contributed by atoms with van der Waals surface area (Å²) in [7, 11) is 1.61. The maximum Gasteiger partial charge on any atom is 0.254 e. The summed E-state index contributed by atoms with van der Waals surface area (Å²) in [6.45, 7) is 3.89. The van der Waals surface area contributed by atoms with Gasteiger partial charge in [0.1, 0.15) is 19.0 Å². The summed E-state index contributed by atoms with van der Waals surface area (Å²) in [5.74, 6) is 2.29. The normalized spacial score (nSPS) is 18.5. The lowest BCUT2D eigenvalue weighted by molar-refractivity contribution is 0.0676. The highest BCUT2D eigenvalue weighted by Gasteiger charge is 2.30. The molecule has 4 rings (SSSR count). The van der Waals surface area contributed by atoms with Gasteiger partial charge in [-0.25, -0.2) is 0 Å². The zero-order valence-corrected chi connectivity index (χ0v) is 14.5. The van der Waals surface area contributed by atoms with Crippen LogP contribution in [0.1, 0.15) is 34.5 Å². The number of fused-ring (bicyclic) bond motifs is 2. The first kappa shape index (κ1) is 15.8. The van der Waals surface area contributed by atoms with E-state index in [0.29, 0.717) is 31.1 Å². The van der Waals surface area contributed by atoms with Gasteiger partial charge in [-0.2, -0.15) is 0 Å². The number of methoxy groups -OCH3 is 1. The van der Waals surface area contributed by atoms with Crippen LogP contribution < -0.4 is 14.2 Å².